The molecule has 2 aliphatic rings. The van der Waals surface area contributed by atoms with E-state index in [1.807, 2.05) is 18.5 Å². The number of pyridine rings is 1. The molecule has 1 aromatic heterocycles. The van der Waals surface area contributed by atoms with Gasteiger partial charge in [0.05, 0.1) is 24.5 Å². The van der Waals surface area contributed by atoms with Gasteiger partial charge in [-0.05, 0) is 53.8 Å². The van der Waals surface area contributed by atoms with Gasteiger partial charge in [-0.2, -0.15) is 0 Å². The van der Waals surface area contributed by atoms with E-state index in [1.165, 1.54) is 16.7 Å². The number of nitrogens with one attached hydrogen (secondary N) is 1. The molecule has 0 amide bonds. The van der Waals surface area contributed by atoms with Gasteiger partial charge in [0.15, 0.2) is 0 Å². The van der Waals surface area contributed by atoms with Crippen molar-refractivity contribution in [2.75, 3.05) is 12.1 Å². The van der Waals surface area contributed by atoms with E-state index in [9.17, 15) is 0 Å². The first-order valence-electron chi connectivity index (χ1n) is 9.97. The smallest absolute Gasteiger partial charge is 0.0805 e. The van der Waals surface area contributed by atoms with Crippen LogP contribution in [0.15, 0.2) is 79.1 Å². The van der Waals surface area contributed by atoms with Crippen molar-refractivity contribution in [3.05, 3.63) is 84.7 Å². The molecule has 28 heavy (non-hydrogen) atoms. The van der Waals surface area contributed by atoms with Crippen molar-refractivity contribution < 1.29 is 9.57 Å². The molecular weight excluding hydrogens is 348 g/mol. The summed E-state index contributed by atoms with van der Waals surface area (Å²) >= 11 is 0. The molecule has 0 radical (unpaired) electrons. The lowest BCUT2D eigenvalue weighted by Crippen LogP contribution is -2.30. The lowest BCUT2D eigenvalue weighted by atomic mass is 9.76. The van der Waals surface area contributed by atoms with Crippen LogP contribution in [-0.4, -0.2) is 23.8 Å². The van der Waals surface area contributed by atoms with Crippen LogP contribution in [0.25, 0.3) is 11.1 Å². The molecule has 4 heteroatoms. The van der Waals surface area contributed by atoms with Gasteiger partial charge in [-0.25, -0.2) is 0 Å². The minimum absolute atomic E-state index is 0.297. The normalized spacial score (nSPS) is 25.7. The summed E-state index contributed by atoms with van der Waals surface area (Å²) < 4.78 is 6.19. The van der Waals surface area contributed by atoms with Gasteiger partial charge < -0.3 is 4.74 Å². The molecule has 2 saturated heterocycles. The van der Waals surface area contributed by atoms with E-state index in [0.717, 1.165) is 18.5 Å². The van der Waals surface area contributed by atoms with Gasteiger partial charge in [-0.15, -0.1) is 0 Å². The Kier molecular flexibility index (Phi) is 4.81. The van der Waals surface area contributed by atoms with E-state index in [4.69, 9.17) is 9.57 Å². The Morgan fingerprint density at radius 2 is 1.57 bits per heavy atom. The van der Waals surface area contributed by atoms with E-state index >= 15 is 0 Å². The molecule has 2 aliphatic heterocycles. The minimum Gasteiger partial charge on any atom is -0.374 e. The van der Waals surface area contributed by atoms with Gasteiger partial charge in [0.2, 0.25) is 0 Å². The SMILES string of the molecule is c1ccc(-c2ccc(NOC[C@@H]3[C@H](c4ccncc4)[C@@H]4CC[C@H]3O4)cc2)cc1. The van der Waals surface area contributed by atoms with Crippen molar-refractivity contribution in [3.63, 3.8) is 0 Å². The maximum Gasteiger partial charge on any atom is 0.0805 e. The molecule has 0 spiro atoms. The summed E-state index contributed by atoms with van der Waals surface area (Å²) in [7, 11) is 0. The molecule has 1 N–H and O–H groups in total. The van der Waals surface area contributed by atoms with Crippen molar-refractivity contribution in [2.24, 2.45) is 5.92 Å². The van der Waals surface area contributed by atoms with Gasteiger partial charge in [0, 0.05) is 24.2 Å². The lowest BCUT2D eigenvalue weighted by molar-refractivity contribution is 0.0678. The molecule has 2 aromatic carbocycles. The second kappa shape index (κ2) is 7.74. The Bertz CT molecular complexity index is 899. The largest absolute Gasteiger partial charge is 0.374 e. The zero-order valence-corrected chi connectivity index (χ0v) is 15.7. The zero-order valence-electron chi connectivity index (χ0n) is 15.7. The summed E-state index contributed by atoms with van der Waals surface area (Å²) in [6.07, 6.45) is 6.61. The van der Waals surface area contributed by atoms with E-state index < -0.39 is 0 Å². The predicted molar refractivity (Wildman–Crippen MR) is 110 cm³/mol. The number of nitrogens with zero attached hydrogens (tertiary/aromatic N) is 1. The number of anilines is 1. The molecule has 2 bridgehead atoms. The fraction of sp³-hybridized carbons (Fsp3) is 0.292. The quantitative estimate of drug-likeness (QED) is 0.615. The second-order valence-electron chi connectivity index (χ2n) is 7.62. The second-order valence-corrected chi connectivity index (χ2v) is 7.62. The Morgan fingerprint density at radius 1 is 0.857 bits per heavy atom. The van der Waals surface area contributed by atoms with Crippen LogP contribution in [0.2, 0.25) is 0 Å². The Hall–Kier alpha value is -2.69. The van der Waals surface area contributed by atoms with Crippen molar-refractivity contribution in [2.45, 2.75) is 31.0 Å². The molecule has 3 aromatic rings. The highest BCUT2D eigenvalue weighted by Gasteiger charge is 2.49. The predicted octanol–water partition coefficient (Wildman–Crippen LogP) is 5.05. The molecule has 5 rings (SSSR count). The third kappa shape index (κ3) is 3.41. The molecule has 0 aliphatic carbocycles. The highest BCUT2D eigenvalue weighted by Crippen LogP contribution is 2.48. The molecule has 0 saturated carbocycles. The van der Waals surface area contributed by atoms with E-state index in [-0.39, 0.29) is 0 Å². The summed E-state index contributed by atoms with van der Waals surface area (Å²) in [5.74, 6) is 0.765. The standard InChI is InChI=1S/C24H24N2O2/c1-2-4-17(5-3-1)18-6-8-20(9-7-18)26-27-16-21-22-10-11-23(28-22)24(21)19-12-14-25-15-13-19/h1-9,12-15,21-24,26H,10-11,16H2/t21-,22+,23-,24-/m0/s1. The highest BCUT2D eigenvalue weighted by atomic mass is 16.6. The number of rotatable bonds is 6. The van der Waals surface area contributed by atoms with E-state index in [0.29, 0.717) is 30.7 Å². The lowest BCUT2D eigenvalue weighted by Gasteiger charge is -2.28. The number of fused-ring (bicyclic) bond motifs is 2. The first-order valence-corrected chi connectivity index (χ1v) is 9.97. The van der Waals surface area contributed by atoms with Crippen LogP contribution < -0.4 is 5.48 Å². The first-order chi connectivity index (χ1) is 13.9. The van der Waals surface area contributed by atoms with Gasteiger partial charge in [-0.3, -0.25) is 15.3 Å². The molecule has 2 fully saturated rings. The summed E-state index contributed by atoms with van der Waals surface area (Å²) in [4.78, 5) is 10.1. The molecule has 142 valence electrons. The zero-order chi connectivity index (χ0) is 18.8. The third-order valence-corrected chi connectivity index (χ3v) is 5.97. The molecular formula is C24H24N2O2. The van der Waals surface area contributed by atoms with Crippen molar-refractivity contribution in [3.8, 4) is 11.1 Å². The van der Waals surface area contributed by atoms with Crippen molar-refractivity contribution in [1.29, 1.82) is 0 Å². The average Bonchev–Trinajstić information content (AvgIpc) is 3.37. The molecule has 3 heterocycles. The maximum atomic E-state index is 6.19. The van der Waals surface area contributed by atoms with E-state index in [2.05, 4.69) is 71.1 Å². The number of aromatic nitrogens is 1. The number of hydrogen-bond acceptors (Lipinski definition) is 4. The van der Waals surface area contributed by atoms with E-state index in [1.54, 1.807) is 0 Å². The fourth-order valence-electron chi connectivity index (χ4n) is 4.62. The van der Waals surface area contributed by atoms with Gasteiger partial charge in [0.1, 0.15) is 0 Å². The summed E-state index contributed by atoms with van der Waals surface area (Å²) in [6.45, 7) is 0.634. The maximum absolute atomic E-state index is 6.19. The fourth-order valence-corrected chi connectivity index (χ4v) is 4.62. The summed E-state index contributed by atoms with van der Waals surface area (Å²) in [5, 5.41) is 0. The van der Waals surface area contributed by atoms with Crippen molar-refractivity contribution in [1.82, 2.24) is 4.98 Å². The monoisotopic (exact) mass is 372 g/mol. The van der Waals surface area contributed by atoms with Crippen LogP contribution in [0.4, 0.5) is 5.69 Å². The van der Waals surface area contributed by atoms with Crippen LogP contribution >= 0.6 is 0 Å². The van der Waals surface area contributed by atoms with Gasteiger partial charge in [-0.1, -0.05) is 42.5 Å². The van der Waals surface area contributed by atoms with Gasteiger partial charge >= 0.3 is 0 Å². The Morgan fingerprint density at radius 3 is 2.36 bits per heavy atom. The molecule has 4 nitrogen and oxygen atoms in total. The Balaban J connectivity index is 1.22. The van der Waals surface area contributed by atoms with Crippen LogP contribution in [-0.2, 0) is 9.57 Å². The van der Waals surface area contributed by atoms with Gasteiger partial charge in [0.25, 0.3) is 0 Å². The number of hydrogen-bond donors (Lipinski definition) is 1. The van der Waals surface area contributed by atoms with Crippen LogP contribution in [0.1, 0.15) is 24.3 Å². The Labute approximate surface area is 165 Å². The van der Waals surface area contributed by atoms with Crippen LogP contribution in [0, 0.1) is 5.92 Å². The number of ether oxygens (including phenoxy) is 1. The molecule has 0 unspecified atom stereocenters. The molecule has 4 atom stereocenters. The minimum atomic E-state index is 0.297. The topological polar surface area (TPSA) is 43.4 Å². The van der Waals surface area contributed by atoms with Crippen LogP contribution in [0.5, 0.6) is 0 Å². The third-order valence-electron chi connectivity index (χ3n) is 5.97. The first kappa shape index (κ1) is 17.4. The van der Waals surface area contributed by atoms with Crippen LogP contribution in [0.3, 0.4) is 0 Å². The highest BCUT2D eigenvalue weighted by molar-refractivity contribution is 5.65. The summed E-state index contributed by atoms with van der Waals surface area (Å²) in [5.41, 5.74) is 7.80. The van der Waals surface area contributed by atoms with Crippen molar-refractivity contribution >= 4 is 5.69 Å². The summed E-state index contributed by atoms with van der Waals surface area (Å²) in [6, 6.07) is 22.9. The number of benzene rings is 2. The average molecular weight is 372 g/mol.